The molecular weight excluding hydrogens is 312 g/mol. The fourth-order valence-corrected chi connectivity index (χ4v) is 2.16. The predicted molar refractivity (Wildman–Crippen MR) is 89.2 cm³/mol. The van der Waals surface area contributed by atoms with Crippen molar-refractivity contribution in [2.45, 2.75) is 46.3 Å². The summed E-state index contributed by atoms with van der Waals surface area (Å²) in [4.78, 5) is 24.4. The first-order valence-electron chi connectivity index (χ1n) is 7.86. The van der Waals surface area contributed by atoms with Gasteiger partial charge < -0.3 is 24.8 Å². The van der Waals surface area contributed by atoms with Crippen molar-refractivity contribution in [1.29, 1.82) is 0 Å². The number of amides is 2. The fraction of sp³-hybridized carbons (Fsp3) is 0.529. The number of nitrogens with one attached hydrogen (secondary N) is 2. The molecule has 1 heterocycles. The number of ether oxygens (including phenoxy) is 3. The van der Waals surface area contributed by atoms with E-state index in [2.05, 4.69) is 10.6 Å². The molecule has 0 aliphatic carbocycles. The van der Waals surface area contributed by atoms with Crippen LogP contribution in [0.1, 0.15) is 34.6 Å². The molecule has 1 aromatic carbocycles. The van der Waals surface area contributed by atoms with Crippen molar-refractivity contribution in [1.82, 2.24) is 5.32 Å². The summed E-state index contributed by atoms with van der Waals surface area (Å²) in [7, 11) is 0. The van der Waals surface area contributed by atoms with Gasteiger partial charge in [-0.15, -0.1) is 0 Å². The van der Waals surface area contributed by atoms with Crippen molar-refractivity contribution in [3.8, 4) is 11.5 Å². The highest BCUT2D eigenvalue weighted by molar-refractivity contribution is 5.97. The Balaban J connectivity index is 2.02. The van der Waals surface area contributed by atoms with E-state index in [0.29, 0.717) is 17.2 Å². The van der Waals surface area contributed by atoms with Gasteiger partial charge in [-0.1, -0.05) is 13.8 Å². The standard InChI is InChI=1S/C17H24N2O5/c1-10(2)14(19-16(21)24-17(3,4)5)15(20)18-11-6-7-12-13(8-11)23-9-22-12/h6-8,10,14H,9H2,1-5H3,(H,18,20)(H,19,21). The summed E-state index contributed by atoms with van der Waals surface area (Å²) in [5.74, 6) is 0.788. The number of fused-ring (bicyclic) bond motifs is 1. The normalized spacial score (nSPS) is 14.2. The third-order valence-electron chi connectivity index (χ3n) is 3.26. The van der Waals surface area contributed by atoms with Crippen LogP contribution in [0, 0.1) is 5.92 Å². The highest BCUT2D eigenvalue weighted by Gasteiger charge is 2.27. The van der Waals surface area contributed by atoms with Crippen molar-refractivity contribution in [3.63, 3.8) is 0 Å². The Morgan fingerprint density at radius 3 is 2.46 bits per heavy atom. The summed E-state index contributed by atoms with van der Waals surface area (Å²) in [6.07, 6.45) is -0.623. The van der Waals surface area contributed by atoms with Crippen molar-refractivity contribution < 1.29 is 23.8 Å². The predicted octanol–water partition coefficient (Wildman–Crippen LogP) is 2.90. The average molecular weight is 336 g/mol. The molecule has 0 saturated carbocycles. The molecule has 1 aliphatic rings. The first-order valence-corrected chi connectivity index (χ1v) is 7.86. The minimum absolute atomic E-state index is 0.105. The topological polar surface area (TPSA) is 85.9 Å². The second-order valence-corrected chi connectivity index (χ2v) is 6.93. The lowest BCUT2D eigenvalue weighted by atomic mass is 10.0. The largest absolute Gasteiger partial charge is 0.454 e. The van der Waals surface area contributed by atoms with Gasteiger partial charge in [0.15, 0.2) is 11.5 Å². The molecule has 1 atom stereocenters. The Labute approximate surface area is 141 Å². The Kier molecular flexibility index (Phi) is 5.21. The van der Waals surface area contributed by atoms with E-state index in [9.17, 15) is 9.59 Å². The summed E-state index contributed by atoms with van der Waals surface area (Å²) >= 11 is 0. The van der Waals surface area contributed by atoms with Gasteiger partial charge in [0.2, 0.25) is 12.7 Å². The SMILES string of the molecule is CC(C)C(NC(=O)OC(C)(C)C)C(=O)Nc1ccc2c(c1)OCO2. The molecule has 1 aliphatic heterocycles. The van der Waals surface area contributed by atoms with E-state index in [-0.39, 0.29) is 18.6 Å². The molecule has 7 heteroatoms. The molecule has 2 rings (SSSR count). The number of rotatable bonds is 4. The van der Waals surface area contributed by atoms with Crippen LogP contribution in [0.5, 0.6) is 11.5 Å². The van der Waals surface area contributed by atoms with Crippen LogP contribution in [-0.2, 0) is 9.53 Å². The van der Waals surface area contributed by atoms with Crippen LogP contribution in [0.2, 0.25) is 0 Å². The van der Waals surface area contributed by atoms with E-state index in [1.54, 1.807) is 39.0 Å². The molecule has 0 spiro atoms. The van der Waals surface area contributed by atoms with Gasteiger partial charge in [-0.25, -0.2) is 4.79 Å². The Bertz CT molecular complexity index is 622. The van der Waals surface area contributed by atoms with Gasteiger partial charge in [-0.3, -0.25) is 4.79 Å². The van der Waals surface area contributed by atoms with Gasteiger partial charge in [0.1, 0.15) is 11.6 Å². The number of alkyl carbamates (subject to hydrolysis) is 1. The van der Waals surface area contributed by atoms with Crippen molar-refractivity contribution >= 4 is 17.7 Å². The average Bonchev–Trinajstić information content (AvgIpc) is 2.89. The minimum atomic E-state index is -0.717. The highest BCUT2D eigenvalue weighted by atomic mass is 16.7. The molecule has 1 unspecified atom stereocenters. The lowest BCUT2D eigenvalue weighted by molar-refractivity contribution is -0.119. The first kappa shape index (κ1) is 17.9. The molecule has 0 fully saturated rings. The Morgan fingerprint density at radius 1 is 1.17 bits per heavy atom. The maximum Gasteiger partial charge on any atom is 0.408 e. The number of anilines is 1. The highest BCUT2D eigenvalue weighted by Crippen LogP contribution is 2.34. The number of carbonyl (C=O) groups is 2. The number of hydrogen-bond acceptors (Lipinski definition) is 5. The van der Waals surface area contributed by atoms with Gasteiger partial charge in [0, 0.05) is 11.8 Å². The Hall–Kier alpha value is -2.44. The molecule has 7 nitrogen and oxygen atoms in total. The number of benzene rings is 1. The molecule has 2 amide bonds. The summed E-state index contributed by atoms with van der Waals surface area (Å²) < 4.78 is 15.7. The molecular formula is C17H24N2O5. The van der Waals surface area contributed by atoms with Crippen molar-refractivity contribution in [2.75, 3.05) is 12.1 Å². The number of hydrogen-bond donors (Lipinski definition) is 2. The second-order valence-electron chi connectivity index (χ2n) is 6.93. The molecule has 2 N–H and O–H groups in total. The summed E-state index contributed by atoms with van der Waals surface area (Å²) in [5.41, 5.74) is -0.0553. The molecule has 132 valence electrons. The molecule has 24 heavy (non-hydrogen) atoms. The van der Waals surface area contributed by atoms with Crippen LogP contribution in [-0.4, -0.2) is 30.4 Å². The van der Waals surface area contributed by atoms with Gasteiger partial charge >= 0.3 is 6.09 Å². The molecule has 0 aromatic heterocycles. The van der Waals surface area contributed by atoms with Gasteiger partial charge in [-0.05, 0) is 38.8 Å². The van der Waals surface area contributed by atoms with Gasteiger partial charge in [0.05, 0.1) is 0 Å². The molecule has 0 bridgehead atoms. The van der Waals surface area contributed by atoms with Crippen LogP contribution in [0.3, 0.4) is 0 Å². The summed E-state index contributed by atoms with van der Waals surface area (Å²) in [6.45, 7) is 9.17. The lowest BCUT2D eigenvalue weighted by Gasteiger charge is -2.25. The Morgan fingerprint density at radius 2 is 1.83 bits per heavy atom. The third-order valence-corrected chi connectivity index (χ3v) is 3.26. The van der Waals surface area contributed by atoms with E-state index in [1.165, 1.54) is 0 Å². The first-order chi connectivity index (χ1) is 11.2. The van der Waals surface area contributed by atoms with Crippen LogP contribution in [0.25, 0.3) is 0 Å². The van der Waals surface area contributed by atoms with Crippen LogP contribution >= 0.6 is 0 Å². The van der Waals surface area contributed by atoms with E-state index in [1.807, 2.05) is 13.8 Å². The maximum absolute atomic E-state index is 12.5. The minimum Gasteiger partial charge on any atom is -0.454 e. The fourth-order valence-electron chi connectivity index (χ4n) is 2.16. The lowest BCUT2D eigenvalue weighted by Crippen LogP contribution is -2.48. The van der Waals surface area contributed by atoms with Gasteiger partial charge in [-0.2, -0.15) is 0 Å². The zero-order chi connectivity index (χ0) is 17.9. The van der Waals surface area contributed by atoms with Gasteiger partial charge in [0.25, 0.3) is 0 Å². The van der Waals surface area contributed by atoms with E-state index in [0.717, 1.165) is 0 Å². The van der Waals surface area contributed by atoms with E-state index in [4.69, 9.17) is 14.2 Å². The van der Waals surface area contributed by atoms with Crippen LogP contribution in [0.4, 0.5) is 10.5 Å². The summed E-state index contributed by atoms with van der Waals surface area (Å²) in [6, 6.07) is 4.41. The smallest absolute Gasteiger partial charge is 0.408 e. The molecule has 0 radical (unpaired) electrons. The van der Waals surface area contributed by atoms with Crippen LogP contribution < -0.4 is 20.1 Å². The van der Waals surface area contributed by atoms with Crippen LogP contribution in [0.15, 0.2) is 18.2 Å². The van der Waals surface area contributed by atoms with E-state index >= 15 is 0 Å². The van der Waals surface area contributed by atoms with E-state index < -0.39 is 17.7 Å². The summed E-state index contributed by atoms with van der Waals surface area (Å²) in [5, 5.41) is 5.39. The quantitative estimate of drug-likeness (QED) is 0.883. The molecule has 1 aromatic rings. The molecule has 0 saturated heterocycles. The zero-order valence-corrected chi connectivity index (χ0v) is 14.6. The monoisotopic (exact) mass is 336 g/mol. The zero-order valence-electron chi connectivity index (χ0n) is 14.6. The maximum atomic E-state index is 12.5. The third kappa shape index (κ3) is 4.78. The van der Waals surface area contributed by atoms with Crippen molar-refractivity contribution in [2.24, 2.45) is 5.92 Å². The number of carbonyl (C=O) groups excluding carboxylic acids is 2. The van der Waals surface area contributed by atoms with Crippen molar-refractivity contribution in [3.05, 3.63) is 18.2 Å². The second kappa shape index (κ2) is 6.98.